The van der Waals surface area contributed by atoms with Crippen molar-refractivity contribution in [2.24, 2.45) is 17.8 Å². The molecule has 4 unspecified atom stereocenters. The van der Waals surface area contributed by atoms with Gasteiger partial charge in [0.05, 0.1) is 46.6 Å². The number of ketones is 4. The molecule has 2 saturated heterocycles. The van der Waals surface area contributed by atoms with Crippen LogP contribution in [-0.2, 0) is 59.0 Å². The number of amides is 4. The standard InChI is InChI=1S/C92H104Cl2N6O28/c1-42(2)13-10-8-6-7-9-11-14-49(102)34-58-79(111)82(114)85(90(120)121)128-91(58)127-84-69-32-48-33-70(84)124-66-24-19-46(29-59(66)93)78(110)77-89(119)98-76(88(118)96-25-12-26-100(4)5)57-35-50(103)36-68(125-92-83(115)81(113)80(112)71(41-101)126-92)72(57)56-28-44(17-22-60(56)104)53(86(116)99-77)39-65(109)75(48)97-87(117)55-40-62(106)47(27-43-15-20-51(122-69)21-16-43)30-64(108)74(95-3)45-18-23-61(105)67(31-45)123-52-37-54(55)73(94)63(107)38-52/h15-24,28-29,31-33,35-38,42,47,53,55,58,71,74-83,85,91-92,95,101,103-105,107,110-115H,6-14,25-27,30,34,39-41H2,1-5H3,(H,96,118)(H,97,117)(H,98,119)(H,99,116)(H,120,121)/t47?,53-,55+,58-,71-,74-,75-,76-,77+,78?,79-,80-,81+,82+,83+,85+,91?,92?/m1/s1. The number of ether oxygens (including phenoxy) is 7. The van der Waals surface area contributed by atoms with E-state index in [0.717, 1.165) is 80.6 Å². The predicted molar refractivity (Wildman–Crippen MR) is 457 cm³/mol. The van der Waals surface area contributed by atoms with Crippen LogP contribution in [0, 0.1) is 17.8 Å². The van der Waals surface area contributed by atoms with E-state index in [9.17, 15) is 75.7 Å². The molecular weight excluding hydrogens is 1710 g/mol. The van der Waals surface area contributed by atoms with E-state index in [0.29, 0.717) is 37.3 Å². The lowest BCUT2D eigenvalue weighted by Gasteiger charge is -2.41. The molecule has 128 heavy (non-hydrogen) atoms. The molecule has 8 aliphatic rings. The second-order valence-electron chi connectivity index (χ2n) is 33.9. The van der Waals surface area contributed by atoms with Crippen molar-refractivity contribution in [2.45, 2.75) is 201 Å². The molecule has 8 aliphatic heterocycles. The average Bonchev–Trinajstić information content (AvgIpc) is 0.755. The zero-order valence-corrected chi connectivity index (χ0v) is 72.1. The van der Waals surface area contributed by atoms with E-state index >= 15 is 28.8 Å². The van der Waals surface area contributed by atoms with Crippen LogP contribution < -0.4 is 50.3 Å². The number of halogens is 2. The maximum Gasteiger partial charge on any atom is 0.335 e. The van der Waals surface area contributed by atoms with E-state index in [1.54, 1.807) is 26.2 Å². The number of unbranched alkanes of at least 4 members (excludes halogenated alkanes) is 5. The molecule has 15 rings (SSSR count). The van der Waals surface area contributed by atoms with Crippen molar-refractivity contribution in [1.82, 2.24) is 31.5 Å². The highest BCUT2D eigenvalue weighted by Gasteiger charge is 2.52. The molecule has 0 aromatic heterocycles. The summed E-state index contributed by atoms with van der Waals surface area (Å²) in [6.45, 7) is 3.68. The fourth-order valence-electron chi connectivity index (χ4n) is 17.0. The molecule has 8 heterocycles. The number of aliphatic hydroxyl groups excluding tert-OH is 7. The van der Waals surface area contributed by atoms with Gasteiger partial charge in [-0.05, 0) is 165 Å². The van der Waals surface area contributed by atoms with Crippen LogP contribution in [0.25, 0.3) is 11.1 Å². The summed E-state index contributed by atoms with van der Waals surface area (Å²) in [5.41, 5.74) is -1.87. The van der Waals surface area contributed by atoms with Gasteiger partial charge in [-0.2, -0.15) is 0 Å². The first kappa shape index (κ1) is 94.5. The summed E-state index contributed by atoms with van der Waals surface area (Å²) in [7, 11) is 5.04. The number of carbonyl (C=O) groups excluding carboxylic acids is 8. The highest BCUT2D eigenvalue weighted by molar-refractivity contribution is 6.33. The SMILES string of the molecule is CN[C@H]1C(=O)CC2Cc3ccc(cc3)Oc3cc4cc(c3OC3O[C@H](C(=O)O)[C@@H](O)[C@H](O)[C@H]3CC(=O)CCCCCCCCC(C)C)Oc3ccc(cc3Cl)C(O)[C@@H]3NC(=O)[C@H](CC(=O)[C@@H]4NC(=O)[C@@H](CC2=O)c2cc(cc(O)c2Cl)Oc2cc1ccc2O)c1ccc(O)c(c1)-c1c(OC2O[C@H](CO)[C@@H](O)[C@H](O)[C@@H]2O)cc(O)cc1[C@H](C(=O)NCCCN(C)C)NC3=O. The van der Waals surface area contributed by atoms with Crippen LogP contribution in [0.15, 0.2) is 115 Å². The molecule has 684 valence electrons. The minimum Gasteiger partial charge on any atom is -0.508 e. The number of benzene rings is 7. The number of hydrogen-bond donors (Lipinski definition) is 17. The van der Waals surface area contributed by atoms with Crippen LogP contribution in [0.2, 0.25) is 10.0 Å². The van der Waals surface area contributed by atoms with Crippen LogP contribution in [0.5, 0.6) is 69.0 Å². The minimum atomic E-state index is -2.29. The van der Waals surface area contributed by atoms with Crippen LogP contribution in [-0.4, -0.2) is 221 Å². The molecule has 0 spiro atoms. The third-order valence-electron chi connectivity index (χ3n) is 24.0. The molecule has 17 bridgehead atoms. The highest BCUT2D eigenvalue weighted by atomic mass is 35.5. The lowest BCUT2D eigenvalue weighted by atomic mass is 9.81. The largest absolute Gasteiger partial charge is 0.508 e. The minimum absolute atomic E-state index is 0.0211. The van der Waals surface area contributed by atoms with E-state index in [1.807, 2.05) is 4.90 Å². The number of carboxylic acid groups (broad SMARTS) is 1. The second kappa shape index (κ2) is 41.1. The molecule has 7 aromatic rings. The number of likely N-dealkylation sites (N-methyl/N-ethyl adjacent to an activating group) is 1. The molecule has 0 aliphatic carbocycles. The van der Waals surface area contributed by atoms with Gasteiger partial charge in [0.25, 0.3) is 0 Å². The smallest absolute Gasteiger partial charge is 0.335 e. The van der Waals surface area contributed by atoms with Crippen molar-refractivity contribution in [2.75, 3.05) is 40.8 Å². The maximum absolute atomic E-state index is 17.0. The fourth-order valence-corrected chi connectivity index (χ4v) is 17.5. The number of hydrogen-bond acceptors (Lipinski definition) is 29. The van der Waals surface area contributed by atoms with Crippen molar-refractivity contribution < 1.29 is 138 Å². The Kier molecular flexibility index (Phi) is 30.4. The number of Topliss-reactive ketones (excluding diaryl/α,β-unsaturated/α-hetero) is 4. The van der Waals surface area contributed by atoms with E-state index in [4.69, 9.17) is 56.4 Å². The average molecular weight is 1810 g/mol. The highest BCUT2D eigenvalue weighted by Crippen LogP contribution is 2.52. The maximum atomic E-state index is 17.0. The summed E-state index contributed by atoms with van der Waals surface area (Å²) in [4.78, 5) is 141. The zero-order chi connectivity index (χ0) is 92.0. The van der Waals surface area contributed by atoms with E-state index < -0.39 is 273 Å². The number of carboxylic acids is 1. The van der Waals surface area contributed by atoms with E-state index in [2.05, 4.69) is 40.4 Å². The third kappa shape index (κ3) is 21.4. The first-order valence-electron chi connectivity index (χ1n) is 42.4. The normalized spacial score (nSPS) is 26.1. The van der Waals surface area contributed by atoms with Crippen molar-refractivity contribution in [3.8, 4) is 80.1 Å². The number of rotatable bonds is 23. The molecule has 0 radical (unpaired) electrons. The Morgan fingerprint density at radius 3 is 1.95 bits per heavy atom. The lowest BCUT2D eigenvalue weighted by Crippen LogP contribution is -2.60. The molecule has 17 N–H and O–H groups in total. The van der Waals surface area contributed by atoms with Crippen molar-refractivity contribution in [1.29, 1.82) is 0 Å². The summed E-state index contributed by atoms with van der Waals surface area (Å²) < 4.78 is 44.9. The van der Waals surface area contributed by atoms with Crippen molar-refractivity contribution in [3.05, 3.63) is 164 Å². The number of nitrogens with zero attached hydrogens (tertiary/aromatic N) is 1. The fraction of sp³-hybridized carbons (Fsp3) is 0.446. The quantitative estimate of drug-likeness (QED) is 0.0269. The Morgan fingerprint density at radius 1 is 0.578 bits per heavy atom. The summed E-state index contributed by atoms with van der Waals surface area (Å²) >= 11 is 14.4. The molecule has 18 atom stereocenters. The summed E-state index contributed by atoms with van der Waals surface area (Å²) in [5.74, 6) is -22.0. The van der Waals surface area contributed by atoms with Gasteiger partial charge >= 0.3 is 5.97 Å². The first-order valence-corrected chi connectivity index (χ1v) is 43.1. The van der Waals surface area contributed by atoms with Gasteiger partial charge in [0.1, 0.15) is 107 Å². The van der Waals surface area contributed by atoms with Gasteiger partial charge in [-0.15, -0.1) is 0 Å². The second-order valence-corrected chi connectivity index (χ2v) is 34.7. The Hall–Kier alpha value is -11.1. The molecule has 7 aromatic carbocycles. The third-order valence-corrected chi connectivity index (χ3v) is 24.7. The number of aliphatic hydroxyl groups is 7. The van der Waals surface area contributed by atoms with Gasteiger partial charge < -0.3 is 126 Å². The Labute approximate surface area is 745 Å². The Bertz CT molecular complexity index is 5330. The topological polar surface area (TPSA) is 524 Å². The molecule has 34 nitrogen and oxygen atoms in total. The van der Waals surface area contributed by atoms with Gasteiger partial charge in [-0.1, -0.05) is 106 Å². The van der Waals surface area contributed by atoms with Gasteiger partial charge in [-0.3, -0.25) is 38.4 Å². The zero-order valence-electron chi connectivity index (χ0n) is 70.6. The summed E-state index contributed by atoms with van der Waals surface area (Å²) in [6, 6.07) is 15.5. The van der Waals surface area contributed by atoms with Gasteiger partial charge in [-0.25, -0.2) is 4.79 Å². The van der Waals surface area contributed by atoms with Crippen molar-refractivity contribution >= 4 is 75.9 Å². The number of phenolic OH excluding ortho intramolecular Hbond substituents is 4. The number of fused-ring (bicyclic) bond motifs is 14. The predicted octanol–water partition coefficient (Wildman–Crippen LogP) is 8.12. The van der Waals surface area contributed by atoms with Crippen molar-refractivity contribution in [3.63, 3.8) is 0 Å². The molecule has 0 saturated carbocycles. The van der Waals surface area contributed by atoms with E-state index in [1.165, 1.54) is 61.6 Å². The van der Waals surface area contributed by atoms with Gasteiger partial charge in [0, 0.05) is 67.8 Å². The van der Waals surface area contributed by atoms with Gasteiger partial charge in [0.15, 0.2) is 40.7 Å². The molecule has 2 fully saturated rings. The van der Waals surface area contributed by atoms with Crippen LogP contribution in [0.4, 0.5) is 0 Å². The number of aromatic hydroxyl groups is 4. The number of phenols is 4. The molecule has 4 amide bonds. The lowest BCUT2D eigenvalue weighted by molar-refractivity contribution is -0.277. The summed E-state index contributed by atoms with van der Waals surface area (Å²) in [5, 5.41) is 151. The van der Waals surface area contributed by atoms with E-state index in [-0.39, 0.29) is 64.6 Å². The first-order chi connectivity index (χ1) is 61.1. The molecular formula is C92H104Cl2N6O28. The summed E-state index contributed by atoms with van der Waals surface area (Å²) in [6.07, 6.45) is -17.8. The van der Waals surface area contributed by atoms with Crippen LogP contribution >= 0.6 is 23.2 Å². The number of carbonyl (C=O) groups is 9. The molecule has 36 heteroatoms. The van der Waals surface area contributed by atoms with Crippen LogP contribution in [0.1, 0.15) is 172 Å². The van der Waals surface area contributed by atoms with Crippen LogP contribution in [0.3, 0.4) is 0 Å². The Morgan fingerprint density at radius 2 is 1.25 bits per heavy atom. The number of aliphatic carboxylic acids is 1. The monoisotopic (exact) mass is 1810 g/mol. The Balaban J connectivity index is 1.04. The number of nitrogens with one attached hydrogen (secondary N) is 5. The van der Waals surface area contributed by atoms with Gasteiger partial charge in [0.2, 0.25) is 42.0 Å².